The molecule has 1 aromatic rings. The fourth-order valence-corrected chi connectivity index (χ4v) is 3.42. The van der Waals surface area contributed by atoms with Crippen molar-refractivity contribution in [1.29, 1.82) is 0 Å². The van der Waals surface area contributed by atoms with E-state index >= 15 is 0 Å². The monoisotopic (exact) mass is 355 g/mol. The summed E-state index contributed by atoms with van der Waals surface area (Å²) in [5, 5.41) is 0.776. The van der Waals surface area contributed by atoms with E-state index in [1.807, 2.05) is 6.92 Å². The van der Waals surface area contributed by atoms with Gasteiger partial charge in [0, 0.05) is 17.9 Å². The highest BCUT2D eigenvalue weighted by Gasteiger charge is 2.20. The summed E-state index contributed by atoms with van der Waals surface area (Å²) in [4.78, 5) is -0.525. The summed E-state index contributed by atoms with van der Waals surface area (Å²) in [6, 6.07) is 2.41. The van der Waals surface area contributed by atoms with E-state index in [0.29, 0.717) is 6.07 Å². The van der Waals surface area contributed by atoms with Crippen molar-refractivity contribution in [3.63, 3.8) is 0 Å². The van der Waals surface area contributed by atoms with Crippen molar-refractivity contribution in [2.75, 3.05) is 11.9 Å². The van der Waals surface area contributed by atoms with Crippen molar-refractivity contribution in [2.24, 2.45) is 5.92 Å². The Labute approximate surface area is 120 Å². The Morgan fingerprint density at radius 2 is 2.05 bits per heavy atom. The van der Waals surface area contributed by atoms with Gasteiger partial charge in [0.2, 0.25) is 10.0 Å². The molecule has 0 saturated carbocycles. The molecule has 3 nitrogen and oxygen atoms in total. The first-order valence-corrected chi connectivity index (χ1v) is 8.51. The number of rotatable bonds is 7. The van der Waals surface area contributed by atoms with E-state index in [2.05, 4.69) is 20.7 Å². The molecule has 1 atom stereocenters. The van der Waals surface area contributed by atoms with Crippen molar-refractivity contribution in [3.05, 3.63) is 29.8 Å². The van der Waals surface area contributed by atoms with E-state index in [1.54, 1.807) is 0 Å². The molecule has 0 aliphatic rings. The third-order valence-electron chi connectivity index (χ3n) is 2.84. The lowest BCUT2D eigenvalue weighted by Crippen LogP contribution is -2.30. The lowest BCUT2D eigenvalue weighted by atomic mass is 10.0. The average Bonchev–Trinajstić information content (AvgIpc) is 2.34. The van der Waals surface area contributed by atoms with Crippen molar-refractivity contribution in [1.82, 2.24) is 4.72 Å². The number of alkyl halides is 1. The first kappa shape index (κ1) is 16.5. The van der Waals surface area contributed by atoms with Gasteiger partial charge in [-0.2, -0.15) is 0 Å². The van der Waals surface area contributed by atoms with Gasteiger partial charge < -0.3 is 0 Å². The molecule has 0 radical (unpaired) electrons. The molecule has 19 heavy (non-hydrogen) atoms. The third-order valence-corrected chi connectivity index (χ3v) is 4.75. The van der Waals surface area contributed by atoms with Gasteiger partial charge >= 0.3 is 0 Å². The van der Waals surface area contributed by atoms with Crippen LogP contribution in [0.3, 0.4) is 0 Å². The van der Waals surface area contributed by atoms with Crippen LogP contribution in [0.2, 0.25) is 0 Å². The second-order valence-corrected chi connectivity index (χ2v) is 6.71. The Morgan fingerprint density at radius 3 is 2.58 bits per heavy atom. The quantitative estimate of drug-likeness (QED) is 0.764. The zero-order valence-electron chi connectivity index (χ0n) is 10.5. The molecule has 1 aromatic carbocycles. The van der Waals surface area contributed by atoms with E-state index in [-0.39, 0.29) is 12.5 Å². The second-order valence-electron chi connectivity index (χ2n) is 4.18. The van der Waals surface area contributed by atoms with Gasteiger partial charge in [0.05, 0.1) is 0 Å². The highest BCUT2D eigenvalue weighted by molar-refractivity contribution is 9.09. The first-order valence-electron chi connectivity index (χ1n) is 5.91. The van der Waals surface area contributed by atoms with Gasteiger partial charge in [-0.05, 0) is 24.5 Å². The summed E-state index contributed by atoms with van der Waals surface area (Å²) in [7, 11) is -3.94. The van der Waals surface area contributed by atoms with Gasteiger partial charge in [-0.1, -0.05) is 29.3 Å². The third kappa shape index (κ3) is 4.81. The maximum atomic E-state index is 13.4. The first-order chi connectivity index (χ1) is 8.90. The Morgan fingerprint density at radius 1 is 1.37 bits per heavy atom. The van der Waals surface area contributed by atoms with E-state index in [4.69, 9.17) is 0 Å². The van der Waals surface area contributed by atoms with Crippen LogP contribution < -0.4 is 4.72 Å². The van der Waals surface area contributed by atoms with E-state index in [0.717, 1.165) is 30.3 Å². The van der Waals surface area contributed by atoms with Crippen LogP contribution in [-0.4, -0.2) is 20.3 Å². The lowest BCUT2D eigenvalue weighted by molar-refractivity contribution is 0.480. The van der Waals surface area contributed by atoms with Crippen LogP contribution in [0.5, 0.6) is 0 Å². The topological polar surface area (TPSA) is 46.2 Å². The van der Waals surface area contributed by atoms with Crippen LogP contribution in [-0.2, 0) is 10.0 Å². The molecule has 0 bridgehead atoms. The van der Waals surface area contributed by atoms with Crippen LogP contribution in [0.4, 0.5) is 8.78 Å². The van der Waals surface area contributed by atoms with Gasteiger partial charge in [0.1, 0.15) is 16.5 Å². The number of sulfonamides is 1. The number of benzene rings is 1. The molecule has 7 heteroatoms. The predicted octanol–water partition coefficient (Wildman–Crippen LogP) is 3.05. The molecular weight excluding hydrogens is 340 g/mol. The maximum absolute atomic E-state index is 13.4. The SMILES string of the molecule is CCC(CCBr)CNS(=O)(=O)c1ccc(F)cc1F. The van der Waals surface area contributed by atoms with Crippen LogP contribution in [0.1, 0.15) is 19.8 Å². The second kappa shape index (κ2) is 7.31. The Hall–Kier alpha value is -0.530. The van der Waals surface area contributed by atoms with Crippen LogP contribution in [0.25, 0.3) is 0 Å². The van der Waals surface area contributed by atoms with E-state index in [9.17, 15) is 17.2 Å². The number of nitrogens with one attached hydrogen (secondary N) is 1. The van der Waals surface area contributed by atoms with E-state index < -0.39 is 26.6 Å². The zero-order chi connectivity index (χ0) is 14.5. The summed E-state index contributed by atoms with van der Waals surface area (Å²) in [6.07, 6.45) is 1.64. The van der Waals surface area contributed by atoms with Gasteiger partial charge in [0.25, 0.3) is 0 Å². The molecular formula is C12H16BrF2NO2S. The van der Waals surface area contributed by atoms with Crippen molar-refractivity contribution < 1.29 is 17.2 Å². The number of halogens is 3. The van der Waals surface area contributed by atoms with Gasteiger partial charge in [0.15, 0.2) is 0 Å². The number of hydrogen-bond donors (Lipinski definition) is 1. The molecule has 0 fully saturated rings. The summed E-state index contributed by atoms with van der Waals surface area (Å²) in [5.41, 5.74) is 0. The average molecular weight is 356 g/mol. The Bertz CT molecular complexity index is 522. The molecule has 0 spiro atoms. The molecule has 1 unspecified atom stereocenters. The molecule has 0 aromatic heterocycles. The van der Waals surface area contributed by atoms with E-state index in [1.165, 1.54) is 0 Å². The summed E-state index contributed by atoms with van der Waals surface area (Å²) in [5.74, 6) is -1.71. The predicted molar refractivity (Wildman–Crippen MR) is 73.7 cm³/mol. The standard InChI is InChI=1S/C12H16BrF2NO2S/c1-2-9(5-6-13)8-16-19(17,18)12-4-3-10(14)7-11(12)15/h3-4,7,9,16H,2,5-6,8H2,1H3. The molecule has 108 valence electrons. The lowest BCUT2D eigenvalue weighted by Gasteiger charge is -2.14. The molecule has 1 rings (SSSR count). The summed E-state index contributed by atoms with van der Waals surface area (Å²) >= 11 is 3.30. The smallest absolute Gasteiger partial charge is 0.211 e. The molecule has 0 heterocycles. The Kier molecular flexibility index (Phi) is 6.35. The highest BCUT2D eigenvalue weighted by atomic mass is 79.9. The van der Waals surface area contributed by atoms with Crippen molar-refractivity contribution in [3.8, 4) is 0 Å². The molecule has 0 amide bonds. The van der Waals surface area contributed by atoms with Crippen LogP contribution >= 0.6 is 15.9 Å². The maximum Gasteiger partial charge on any atom is 0.243 e. The molecule has 0 saturated heterocycles. The molecule has 1 N–H and O–H groups in total. The summed E-state index contributed by atoms with van der Waals surface area (Å²) < 4.78 is 52.3. The van der Waals surface area contributed by atoms with Crippen LogP contribution in [0.15, 0.2) is 23.1 Å². The van der Waals surface area contributed by atoms with Crippen molar-refractivity contribution >= 4 is 26.0 Å². The largest absolute Gasteiger partial charge is 0.243 e. The molecule has 0 aliphatic carbocycles. The minimum atomic E-state index is -3.94. The minimum absolute atomic E-state index is 0.178. The highest BCUT2D eigenvalue weighted by Crippen LogP contribution is 2.16. The zero-order valence-corrected chi connectivity index (χ0v) is 12.9. The van der Waals surface area contributed by atoms with Gasteiger partial charge in [-0.15, -0.1) is 0 Å². The fourth-order valence-electron chi connectivity index (χ4n) is 1.60. The summed E-state index contributed by atoms with van der Waals surface area (Å²) in [6.45, 7) is 2.20. The normalized spacial score (nSPS) is 13.5. The molecule has 0 aliphatic heterocycles. The number of hydrogen-bond acceptors (Lipinski definition) is 2. The van der Waals surface area contributed by atoms with Gasteiger partial charge in [-0.3, -0.25) is 0 Å². The van der Waals surface area contributed by atoms with Crippen LogP contribution in [0, 0.1) is 17.6 Å². The van der Waals surface area contributed by atoms with Crippen molar-refractivity contribution in [2.45, 2.75) is 24.7 Å². The Balaban J connectivity index is 2.81. The van der Waals surface area contributed by atoms with Gasteiger partial charge in [-0.25, -0.2) is 21.9 Å². The fraction of sp³-hybridized carbons (Fsp3) is 0.500. The minimum Gasteiger partial charge on any atom is -0.211 e.